The Hall–Kier alpha value is -0.640. The van der Waals surface area contributed by atoms with Crippen LogP contribution in [0.2, 0.25) is 5.02 Å². The summed E-state index contributed by atoms with van der Waals surface area (Å²) in [6.07, 6.45) is 3.51. The van der Waals surface area contributed by atoms with Crippen LogP contribution in [0.4, 0.5) is 4.39 Å². The number of likely N-dealkylation sites (tertiary alicyclic amines) is 1. The van der Waals surface area contributed by atoms with Gasteiger partial charge in [0.2, 0.25) is 0 Å². The van der Waals surface area contributed by atoms with E-state index >= 15 is 0 Å². The average molecular weight is 299 g/mol. The van der Waals surface area contributed by atoms with Crippen LogP contribution in [0.3, 0.4) is 0 Å². The van der Waals surface area contributed by atoms with Crippen molar-refractivity contribution in [2.45, 2.75) is 32.2 Å². The summed E-state index contributed by atoms with van der Waals surface area (Å²) in [5.41, 5.74) is 1.02. The summed E-state index contributed by atoms with van der Waals surface area (Å²) in [5.74, 6) is 0.274. The van der Waals surface area contributed by atoms with Crippen LogP contribution < -0.4 is 5.32 Å². The molecular formula is C16H24ClFN2. The molecule has 0 spiro atoms. The van der Waals surface area contributed by atoms with E-state index in [1.807, 2.05) is 13.1 Å². The molecule has 2 rings (SSSR count). The zero-order valence-electron chi connectivity index (χ0n) is 12.3. The monoisotopic (exact) mass is 298 g/mol. The molecule has 0 saturated carbocycles. The van der Waals surface area contributed by atoms with Gasteiger partial charge < -0.3 is 5.32 Å². The van der Waals surface area contributed by atoms with Gasteiger partial charge in [0, 0.05) is 11.1 Å². The number of benzene rings is 1. The van der Waals surface area contributed by atoms with Crippen molar-refractivity contribution in [2.24, 2.45) is 5.92 Å². The van der Waals surface area contributed by atoms with E-state index in [4.69, 9.17) is 11.6 Å². The van der Waals surface area contributed by atoms with Crippen LogP contribution in [0.5, 0.6) is 0 Å². The molecule has 1 aliphatic rings. The lowest BCUT2D eigenvalue weighted by Crippen LogP contribution is -2.42. The minimum absolute atomic E-state index is 0.238. The fourth-order valence-electron chi connectivity index (χ4n) is 3.39. The van der Waals surface area contributed by atoms with E-state index in [9.17, 15) is 4.39 Å². The van der Waals surface area contributed by atoms with Crippen LogP contribution in [0.15, 0.2) is 18.2 Å². The third-order valence-corrected chi connectivity index (χ3v) is 4.28. The molecule has 0 aliphatic carbocycles. The van der Waals surface area contributed by atoms with Gasteiger partial charge in [0.1, 0.15) is 5.82 Å². The third kappa shape index (κ3) is 3.72. The van der Waals surface area contributed by atoms with Gasteiger partial charge in [-0.05, 0) is 75.6 Å². The summed E-state index contributed by atoms with van der Waals surface area (Å²) in [7, 11) is 1.98. The van der Waals surface area contributed by atoms with Gasteiger partial charge >= 0.3 is 0 Å². The van der Waals surface area contributed by atoms with Gasteiger partial charge in [0.15, 0.2) is 0 Å². The SMILES string of the molecule is CCCN1CCCC(CNC)C1c1cc(F)cc(Cl)c1. The van der Waals surface area contributed by atoms with E-state index < -0.39 is 0 Å². The van der Waals surface area contributed by atoms with Gasteiger partial charge in [-0.1, -0.05) is 18.5 Å². The first kappa shape index (κ1) is 15.7. The van der Waals surface area contributed by atoms with E-state index in [2.05, 4.69) is 17.1 Å². The van der Waals surface area contributed by atoms with E-state index in [-0.39, 0.29) is 11.9 Å². The van der Waals surface area contributed by atoms with Crippen molar-refractivity contribution >= 4 is 11.6 Å². The molecule has 0 bridgehead atoms. The van der Waals surface area contributed by atoms with E-state index in [0.29, 0.717) is 10.9 Å². The first-order chi connectivity index (χ1) is 9.65. The zero-order valence-corrected chi connectivity index (χ0v) is 13.1. The fourth-order valence-corrected chi connectivity index (χ4v) is 3.62. The molecule has 1 N–H and O–H groups in total. The molecule has 1 aromatic carbocycles. The average Bonchev–Trinajstić information content (AvgIpc) is 2.38. The van der Waals surface area contributed by atoms with Gasteiger partial charge in [-0.2, -0.15) is 0 Å². The smallest absolute Gasteiger partial charge is 0.125 e. The molecule has 112 valence electrons. The molecule has 1 aromatic rings. The van der Waals surface area contributed by atoms with E-state index in [1.165, 1.54) is 18.9 Å². The second kappa shape index (κ2) is 7.39. The Balaban J connectivity index is 2.32. The Labute approximate surface area is 126 Å². The Bertz CT molecular complexity index is 400. The molecule has 1 fully saturated rings. The second-order valence-electron chi connectivity index (χ2n) is 5.64. The molecule has 1 saturated heterocycles. The third-order valence-electron chi connectivity index (χ3n) is 4.06. The lowest BCUT2D eigenvalue weighted by molar-refractivity contribution is 0.0922. The topological polar surface area (TPSA) is 15.3 Å². The molecule has 1 aliphatic heterocycles. The molecule has 2 unspecified atom stereocenters. The summed E-state index contributed by atoms with van der Waals surface area (Å²) < 4.78 is 13.7. The quantitative estimate of drug-likeness (QED) is 0.888. The highest BCUT2D eigenvalue weighted by molar-refractivity contribution is 6.30. The predicted octanol–water partition coefficient (Wildman–Crippen LogP) is 3.86. The minimum atomic E-state index is -0.238. The van der Waals surface area contributed by atoms with Gasteiger partial charge in [0.05, 0.1) is 0 Å². The lowest BCUT2D eigenvalue weighted by atomic mass is 9.84. The Morgan fingerprint density at radius 2 is 2.20 bits per heavy atom. The highest BCUT2D eigenvalue weighted by Crippen LogP contribution is 2.37. The predicted molar refractivity (Wildman–Crippen MR) is 82.7 cm³/mol. The van der Waals surface area contributed by atoms with Gasteiger partial charge in [-0.3, -0.25) is 4.90 Å². The largest absolute Gasteiger partial charge is 0.319 e. The van der Waals surface area contributed by atoms with Crippen LogP contribution in [0, 0.1) is 11.7 Å². The summed E-state index contributed by atoms with van der Waals surface area (Å²) >= 11 is 6.04. The molecular weight excluding hydrogens is 275 g/mol. The van der Waals surface area contributed by atoms with Crippen LogP contribution in [0.1, 0.15) is 37.8 Å². The maximum atomic E-state index is 13.7. The molecule has 4 heteroatoms. The normalized spacial score (nSPS) is 24.0. The molecule has 1 heterocycles. The number of rotatable bonds is 5. The highest BCUT2D eigenvalue weighted by atomic mass is 35.5. The van der Waals surface area contributed by atoms with Crippen molar-refractivity contribution in [1.82, 2.24) is 10.2 Å². The van der Waals surface area contributed by atoms with Gasteiger partial charge in [-0.15, -0.1) is 0 Å². The molecule has 20 heavy (non-hydrogen) atoms. The van der Waals surface area contributed by atoms with Crippen molar-refractivity contribution in [2.75, 3.05) is 26.7 Å². The van der Waals surface area contributed by atoms with Gasteiger partial charge in [-0.25, -0.2) is 4.39 Å². The van der Waals surface area contributed by atoms with Crippen LogP contribution in [0.25, 0.3) is 0 Å². The molecule has 2 atom stereocenters. The molecule has 2 nitrogen and oxygen atoms in total. The van der Waals surface area contributed by atoms with Crippen molar-refractivity contribution < 1.29 is 4.39 Å². The van der Waals surface area contributed by atoms with Gasteiger partial charge in [0.25, 0.3) is 0 Å². The Kier molecular flexibility index (Phi) is 5.82. The summed E-state index contributed by atoms with van der Waals surface area (Å²) in [6, 6.07) is 5.22. The number of nitrogens with one attached hydrogen (secondary N) is 1. The van der Waals surface area contributed by atoms with Crippen LogP contribution in [-0.2, 0) is 0 Å². The standard InChI is InChI=1S/C16H24ClFN2/c1-3-6-20-7-4-5-12(11-19-2)16(20)13-8-14(17)10-15(18)9-13/h8-10,12,16,19H,3-7,11H2,1-2H3. The Morgan fingerprint density at radius 1 is 1.40 bits per heavy atom. The Morgan fingerprint density at radius 3 is 2.85 bits per heavy atom. The lowest BCUT2D eigenvalue weighted by Gasteiger charge is -2.42. The first-order valence-corrected chi connectivity index (χ1v) is 7.88. The van der Waals surface area contributed by atoms with Crippen molar-refractivity contribution in [3.05, 3.63) is 34.6 Å². The summed E-state index contributed by atoms with van der Waals surface area (Å²) in [6.45, 7) is 5.29. The van der Waals surface area contributed by atoms with Crippen LogP contribution in [-0.4, -0.2) is 31.6 Å². The number of hydrogen-bond donors (Lipinski definition) is 1. The van der Waals surface area contributed by atoms with Crippen LogP contribution >= 0.6 is 11.6 Å². The number of piperidine rings is 1. The second-order valence-corrected chi connectivity index (χ2v) is 6.08. The van der Waals surface area contributed by atoms with E-state index in [0.717, 1.165) is 31.6 Å². The van der Waals surface area contributed by atoms with E-state index in [1.54, 1.807) is 6.07 Å². The maximum absolute atomic E-state index is 13.7. The molecule has 0 amide bonds. The number of halogens is 2. The highest BCUT2D eigenvalue weighted by Gasteiger charge is 2.32. The summed E-state index contributed by atoms with van der Waals surface area (Å²) in [5, 5.41) is 3.77. The summed E-state index contributed by atoms with van der Waals surface area (Å²) in [4.78, 5) is 2.48. The number of nitrogens with zero attached hydrogens (tertiary/aromatic N) is 1. The fraction of sp³-hybridized carbons (Fsp3) is 0.625. The molecule has 0 radical (unpaired) electrons. The van der Waals surface area contributed by atoms with Crippen molar-refractivity contribution in [3.8, 4) is 0 Å². The van der Waals surface area contributed by atoms with Crippen molar-refractivity contribution in [3.63, 3.8) is 0 Å². The first-order valence-electron chi connectivity index (χ1n) is 7.50. The van der Waals surface area contributed by atoms with Crippen molar-refractivity contribution in [1.29, 1.82) is 0 Å². The molecule has 0 aromatic heterocycles. The zero-order chi connectivity index (χ0) is 14.5. The maximum Gasteiger partial charge on any atom is 0.125 e. The minimum Gasteiger partial charge on any atom is -0.319 e. The number of hydrogen-bond acceptors (Lipinski definition) is 2.